The van der Waals surface area contributed by atoms with Crippen LogP contribution >= 0.6 is 0 Å². The number of hydrogen-bond acceptors (Lipinski definition) is 2. The summed E-state index contributed by atoms with van der Waals surface area (Å²) in [5.74, 6) is 1.04. The summed E-state index contributed by atoms with van der Waals surface area (Å²) in [4.78, 5) is 0. The fourth-order valence-electron chi connectivity index (χ4n) is 1.10. The lowest BCUT2D eigenvalue weighted by atomic mass is 9.91. The topological polar surface area (TPSA) is 63.4 Å². The van der Waals surface area contributed by atoms with Crippen LogP contribution in [0.2, 0.25) is 0 Å². The maximum atomic E-state index is 10.7. The predicted octanol–water partition coefficient (Wildman–Crippen LogP) is -0.222. The van der Waals surface area contributed by atoms with Crippen molar-refractivity contribution < 1.29 is 8.42 Å². The molecule has 1 saturated heterocycles. The fourth-order valence-corrected chi connectivity index (χ4v) is 1.90. The van der Waals surface area contributed by atoms with Crippen molar-refractivity contribution in [3.8, 4) is 0 Å². The van der Waals surface area contributed by atoms with E-state index < -0.39 is 10.2 Å². The van der Waals surface area contributed by atoms with Crippen molar-refractivity contribution in [1.29, 1.82) is 0 Å². The van der Waals surface area contributed by atoms with Gasteiger partial charge >= 0.3 is 0 Å². The second-order valence-electron chi connectivity index (χ2n) is 3.37. The lowest BCUT2D eigenvalue weighted by molar-refractivity contribution is 0.152. The molecule has 11 heavy (non-hydrogen) atoms. The van der Waals surface area contributed by atoms with E-state index in [-0.39, 0.29) is 0 Å². The van der Waals surface area contributed by atoms with Crippen molar-refractivity contribution >= 4 is 10.2 Å². The zero-order chi connectivity index (χ0) is 8.65. The Morgan fingerprint density at radius 3 is 2.18 bits per heavy atom. The fraction of sp³-hybridized carbons (Fsp3) is 1.00. The van der Waals surface area contributed by atoms with Gasteiger partial charge in [-0.15, -0.1) is 0 Å². The molecule has 0 aromatic rings. The third-order valence-electron chi connectivity index (χ3n) is 2.18. The standard InChI is InChI=1S/C6H14N2O2S/c1-5(2)6-3-8(4-6)11(7,9)10/h5-6H,3-4H2,1-2H3,(H2,7,9,10). The van der Waals surface area contributed by atoms with Gasteiger partial charge in [0, 0.05) is 13.1 Å². The minimum absolute atomic E-state index is 0.494. The maximum absolute atomic E-state index is 10.7. The van der Waals surface area contributed by atoms with E-state index in [0.29, 0.717) is 24.9 Å². The Balaban J connectivity index is 2.42. The molecule has 0 radical (unpaired) electrons. The van der Waals surface area contributed by atoms with Gasteiger partial charge in [-0.3, -0.25) is 0 Å². The number of rotatable bonds is 2. The highest BCUT2D eigenvalue weighted by molar-refractivity contribution is 7.86. The molecule has 4 nitrogen and oxygen atoms in total. The Morgan fingerprint density at radius 2 is 1.91 bits per heavy atom. The molecule has 0 atom stereocenters. The molecule has 0 saturated carbocycles. The first-order chi connectivity index (χ1) is 4.91. The average Bonchev–Trinajstić information content (AvgIpc) is 1.51. The second-order valence-corrected chi connectivity index (χ2v) is 4.91. The van der Waals surface area contributed by atoms with E-state index in [1.54, 1.807) is 0 Å². The van der Waals surface area contributed by atoms with Crippen LogP contribution in [0.4, 0.5) is 0 Å². The molecule has 0 bridgehead atoms. The van der Waals surface area contributed by atoms with Crippen LogP contribution in [0, 0.1) is 11.8 Å². The third kappa shape index (κ3) is 1.91. The Kier molecular flexibility index (Phi) is 2.22. The Hall–Kier alpha value is -0.130. The summed E-state index contributed by atoms with van der Waals surface area (Å²) in [6.07, 6.45) is 0. The van der Waals surface area contributed by atoms with Crippen LogP contribution in [0.1, 0.15) is 13.8 Å². The zero-order valence-corrected chi connectivity index (χ0v) is 7.63. The largest absolute Gasteiger partial charge is 0.276 e. The molecule has 0 aromatic carbocycles. The normalized spacial score (nSPS) is 22.2. The number of nitrogens with zero attached hydrogens (tertiary/aromatic N) is 1. The van der Waals surface area contributed by atoms with Crippen LogP contribution in [0.5, 0.6) is 0 Å². The molecule has 0 aliphatic carbocycles. The molecule has 1 rings (SSSR count). The quantitative estimate of drug-likeness (QED) is 0.635. The summed E-state index contributed by atoms with van der Waals surface area (Å²) in [7, 11) is -3.40. The van der Waals surface area contributed by atoms with E-state index in [1.165, 1.54) is 4.31 Å². The van der Waals surface area contributed by atoms with Crippen molar-refractivity contribution in [3.05, 3.63) is 0 Å². The molecule has 5 heteroatoms. The summed E-state index contributed by atoms with van der Waals surface area (Å²) in [6, 6.07) is 0. The van der Waals surface area contributed by atoms with E-state index in [4.69, 9.17) is 5.14 Å². The van der Waals surface area contributed by atoms with Gasteiger partial charge in [-0.25, -0.2) is 5.14 Å². The predicted molar refractivity (Wildman–Crippen MR) is 43.0 cm³/mol. The maximum Gasteiger partial charge on any atom is 0.276 e. The van der Waals surface area contributed by atoms with E-state index in [9.17, 15) is 8.42 Å². The highest BCUT2D eigenvalue weighted by Crippen LogP contribution is 2.24. The summed E-state index contributed by atoms with van der Waals surface area (Å²) in [6.45, 7) is 5.36. The summed E-state index contributed by atoms with van der Waals surface area (Å²) in [5.41, 5.74) is 0. The molecule has 0 spiro atoms. The summed E-state index contributed by atoms with van der Waals surface area (Å²) < 4.78 is 22.7. The Morgan fingerprint density at radius 1 is 1.45 bits per heavy atom. The molecule has 0 amide bonds. The van der Waals surface area contributed by atoms with Gasteiger partial charge in [-0.2, -0.15) is 12.7 Å². The zero-order valence-electron chi connectivity index (χ0n) is 6.82. The first kappa shape index (κ1) is 8.96. The van der Waals surface area contributed by atoms with Crippen LogP contribution in [-0.2, 0) is 10.2 Å². The van der Waals surface area contributed by atoms with Gasteiger partial charge in [-0.1, -0.05) is 13.8 Å². The SMILES string of the molecule is CC(C)C1CN(S(N)(=O)=O)C1. The minimum Gasteiger partial charge on any atom is -0.216 e. The van der Waals surface area contributed by atoms with E-state index in [2.05, 4.69) is 13.8 Å². The van der Waals surface area contributed by atoms with Crippen LogP contribution in [0.25, 0.3) is 0 Å². The summed E-state index contributed by atoms with van der Waals surface area (Å²) >= 11 is 0. The lowest BCUT2D eigenvalue weighted by Crippen LogP contribution is -2.53. The highest BCUT2D eigenvalue weighted by atomic mass is 32.2. The van der Waals surface area contributed by atoms with Crippen molar-refractivity contribution in [2.45, 2.75) is 13.8 Å². The summed E-state index contributed by atoms with van der Waals surface area (Å²) in [5, 5.41) is 4.90. The average molecular weight is 178 g/mol. The van der Waals surface area contributed by atoms with Gasteiger partial charge in [0.1, 0.15) is 0 Å². The molecule has 0 aromatic heterocycles. The van der Waals surface area contributed by atoms with Crippen LogP contribution in [0.15, 0.2) is 0 Å². The van der Waals surface area contributed by atoms with Crippen molar-refractivity contribution in [2.24, 2.45) is 17.0 Å². The van der Waals surface area contributed by atoms with Gasteiger partial charge in [0.25, 0.3) is 10.2 Å². The Bertz CT molecular complexity index is 229. The van der Waals surface area contributed by atoms with E-state index >= 15 is 0 Å². The molecular formula is C6H14N2O2S. The van der Waals surface area contributed by atoms with Gasteiger partial charge in [0.2, 0.25) is 0 Å². The van der Waals surface area contributed by atoms with Crippen molar-refractivity contribution in [3.63, 3.8) is 0 Å². The molecule has 0 unspecified atom stereocenters. The van der Waals surface area contributed by atoms with Crippen molar-refractivity contribution in [2.75, 3.05) is 13.1 Å². The van der Waals surface area contributed by atoms with E-state index in [0.717, 1.165) is 0 Å². The number of nitrogens with two attached hydrogens (primary N) is 1. The molecule has 1 fully saturated rings. The van der Waals surface area contributed by atoms with Crippen LogP contribution in [0.3, 0.4) is 0 Å². The monoisotopic (exact) mass is 178 g/mol. The Labute approximate surface area is 67.6 Å². The molecule has 1 aliphatic rings. The molecule has 1 heterocycles. The lowest BCUT2D eigenvalue weighted by Gasteiger charge is -2.39. The van der Waals surface area contributed by atoms with Gasteiger partial charge < -0.3 is 0 Å². The molecule has 1 aliphatic heterocycles. The highest BCUT2D eigenvalue weighted by Gasteiger charge is 2.34. The van der Waals surface area contributed by atoms with Gasteiger partial charge in [0.15, 0.2) is 0 Å². The van der Waals surface area contributed by atoms with Gasteiger partial charge in [0.05, 0.1) is 0 Å². The first-order valence-corrected chi connectivity index (χ1v) is 5.19. The minimum atomic E-state index is -3.40. The second kappa shape index (κ2) is 2.73. The number of hydrogen-bond donors (Lipinski definition) is 1. The third-order valence-corrected chi connectivity index (χ3v) is 3.20. The van der Waals surface area contributed by atoms with Crippen molar-refractivity contribution in [1.82, 2.24) is 4.31 Å². The van der Waals surface area contributed by atoms with Gasteiger partial charge in [-0.05, 0) is 11.8 Å². The smallest absolute Gasteiger partial charge is 0.216 e. The molecule has 2 N–H and O–H groups in total. The van der Waals surface area contributed by atoms with E-state index in [1.807, 2.05) is 0 Å². The van der Waals surface area contributed by atoms with Crippen LogP contribution in [-0.4, -0.2) is 25.8 Å². The first-order valence-electron chi connectivity index (χ1n) is 3.69. The molecular weight excluding hydrogens is 164 g/mol. The molecule has 66 valence electrons. The van der Waals surface area contributed by atoms with Crippen LogP contribution < -0.4 is 5.14 Å².